The molecule has 0 fully saturated rings. The Kier molecular flexibility index (Phi) is 1.43. The van der Waals surface area contributed by atoms with Gasteiger partial charge in [0.1, 0.15) is 12.2 Å². The van der Waals surface area contributed by atoms with Crippen LogP contribution in [0.4, 0.5) is 0 Å². The molecule has 12 heavy (non-hydrogen) atoms. The monoisotopic (exact) mass is 164 g/mol. The van der Waals surface area contributed by atoms with E-state index in [0.29, 0.717) is 11.4 Å². The molecule has 2 rings (SSSR count). The van der Waals surface area contributed by atoms with E-state index in [2.05, 4.69) is 15.2 Å². The third-order valence-electron chi connectivity index (χ3n) is 1.68. The van der Waals surface area contributed by atoms with Crippen molar-refractivity contribution in [2.75, 3.05) is 7.11 Å². The fraction of sp³-hybridized carbons (Fsp3) is 0.286. The van der Waals surface area contributed by atoms with Crippen LogP contribution in [0.2, 0.25) is 0 Å². The average Bonchev–Trinajstić information content (AvgIpc) is 2.48. The molecule has 2 heterocycles. The molecular formula is C7H8N4O. The summed E-state index contributed by atoms with van der Waals surface area (Å²) in [5.74, 6) is 1.44. The zero-order valence-electron chi connectivity index (χ0n) is 6.85. The zero-order chi connectivity index (χ0) is 8.55. The predicted molar refractivity (Wildman–Crippen MR) is 42.1 cm³/mol. The van der Waals surface area contributed by atoms with Crippen LogP contribution in [0.5, 0.6) is 5.75 Å². The zero-order valence-corrected chi connectivity index (χ0v) is 6.85. The van der Waals surface area contributed by atoms with Gasteiger partial charge in [0.15, 0.2) is 5.75 Å². The Bertz CT molecular complexity index is 409. The largest absolute Gasteiger partial charge is 0.491 e. The summed E-state index contributed by atoms with van der Waals surface area (Å²) in [5.41, 5.74) is 0.699. The van der Waals surface area contributed by atoms with Crippen LogP contribution in [0.15, 0.2) is 12.5 Å². The van der Waals surface area contributed by atoms with E-state index >= 15 is 0 Å². The molecule has 0 bridgehead atoms. The van der Waals surface area contributed by atoms with E-state index in [1.54, 1.807) is 24.0 Å². The summed E-state index contributed by atoms with van der Waals surface area (Å²) in [5, 5.41) is 7.83. The summed E-state index contributed by atoms with van der Waals surface area (Å²) in [6.07, 6.45) is 3.27. The van der Waals surface area contributed by atoms with E-state index in [1.165, 1.54) is 0 Å². The van der Waals surface area contributed by atoms with Crippen molar-refractivity contribution in [2.24, 2.45) is 0 Å². The van der Waals surface area contributed by atoms with Crippen LogP contribution in [-0.2, 0) is 0 Å². The SMILES string of the molecule is COc1cncn2c(C)nnc12. The van der Waals surface area contributed by atoms with E-state index in [1.807, 2.05) is 6.92 Å². The van der Waals surface area contributed by atoms with Gasteiger partial charge in [0.05, 0.1) is 13.3 Å². The molecule has 5 nitrogen and oxygen atoms in total. The van der Waals surface area contributed by atoms with E-state index in [-0.39, 0.29) is 0 Å². The second-order valence-electron chi connectivity index (χ2n) is 2.40. The van der Waals surface area contributed by atoms with Gasteiger partial charge in [-0.2, -0.15) is 0 Å². The van der Waals surface area contributed by atoms with Gasteiger partial charge in [-0.1, -0.05) is 0 Å². The summed E-state index contributed by atoms with van der Waals surface area (Å²) in [6.45, 7) is 1.86. The van der Waals surface area contributed by atoms with Gasteiger partial charge < -0.3 is 4.74 Å². The molecule has 0 amide bonds. The van der Waals surface area contributed by atoms with Crippen molar-refractivity contribution in [1.29, 1.82) is 0 Å². The van der Waals surface area contributed by atoms with Crippen molar-refractivity contribution in [3.05, 3.63) is 18.3 Å². The van der Waals surface area contributed by atoms with Crippen LogP contribution in [0.3, 0.4) is 0 Å². The number of aryl methyl sites for hydroxylation is 1. The number of aromatic nitrogens is 4. The Balaban J connectivity index is 2.81. The highest BCUT2D eigenvalue weighted by Gasteiger charge is 2.05. The van der Waals surface area contributed by atoms with Gasteiger partial charge in [-0.15, -0.1) is 10.2 Å². The maximum atomic E-state index is 5.05. The third-order valence-corrected chi connectivity index (χ3v) is 1.68. The van der Waals surface area contributed by atoms with Crippen LogP contribution in [0, 0.1) is 6.92 Å². The third kappa shape index (κ3) is 0.827. The van der Waals surface area contributed by atoms with Gasteiger partial charge in [-0.3, -0.25) is 4.40 Å². The second-order valence-corrected chi connectivity index (χ2v) is 2.40. The molecule has 2 aromatic heterocycles. The molecule has 0 aliphatic carbocycles. The first-order valence-electron chi connectivity index (χ1n) is 3.52. The van der Waals surface area contributed by atoms with Crippen molar-refractivity contribution in [2.45, 2.75) is 6.92 Å². The molecule has 0 saturated heterocycles. The summed E-state index contributed by atoms with van der Waals surface area (Å²) in [7, 11) is 1.58. The summed E-state index contributed by atoms with van der Waals surface area (Å²) in [6, 6.07) is 0. The summed E-state index contributed by atoms with van der Waals surface area (Å²) < 4.78 is 6.83. The molecular weight excluding hydrogens is 156 g/mol. The van der Waals surface area contributed by atoms with Gasteiger partial charge in [-0.05, 0) is 6.92 Å². The Morgan fingerprint density at radius 1 is 1.42 bits per heavy atom. The maximum Gasteiger partial charge on any atom is 0.206 e. The van der Waals surface area contributed by atoms with Crippen molar-refractivity contribution < 1.29 is 4.74 Å². The van der Waals surface area contributed by atoms with Crippen LogP contribution in [0.25, 0.3) is 5.65 Å². The molecule has 62 valence electrons. The molecule has 0 aliphatic heterocycles. The average molecular weight is 164 g/mol. The molecule has 0 aliphatic rings. The lowest BCUT2D eigenvalue weighted by atomic mass is 10.5. The molecule has 0 saturated carbocycles. The molecule has 0 aromatic carbocycles. The minimum Gasteiger partial charge on any atom is -0.491 e. The van der Waals surface area contributed by atoms with E-state index in [4.69, 9.17) is 4.74 Å². The number of ether oxygens (including phenoxy) is 1. The maximum absolute atomic E-state index is 5.05. The number of rotatable bonds is 1. The molecule has 5 heteroatoms. The van der Waals surface area contributed by atoms with Crippen molar-refractivity contribution in [3.63, 3.8) is 0 Å². The number of fused-ring (bicyclic) bond motifs is 1. The fourth-order valence-electron chi connectivity index (χ4n) is 1.05. The van der Waals surface area contributed by atoms with Crippen molar-refractivity contribution in [3.8, 4) is 5.75 Å². The normalized spacial score (nSPS) is 10.5. The number of hydrogen-bond acceptors (Lipinski definition) is 4. The smallest absolute Gasteiger partial charge is 0.206 e. The second kappa shape index (κ2) is 2.44. The summed E-state index contributed by atoms with van der Waals surface area (Å²) >= 11 is 0. The predicted octanol–water partition coefficient (Wildman–Crippen LogP) is 0.441. The molecule has 0 atom stereocenters. The Morgan fingerprint density at radius 2 is 2.25 bits per heavy atom. The lowest BCUT2D eigenvalue weighted by Crippen LogP contribution is -1.93. The van der Waals surface area contributed by atoms with Crippen LogP contribution >= 0.6 is 0 Å². The highest BCUT2D eigenvalue weighted by Crippen LogP contribution is 2.14. The number of methoxy groups -OCH3 is 1. The van der Waals surface area contributed by atoms with Crippen molar-refractivity contribution >= 4 is 5.65 Å². The van der Waals surface area contributed by atoms with Gasteiger partial charge in [0, 0.05) is 0 Å². The highest BCUT2D eigenvalue weighted by molar-refractivity contribution is 5.51. The quantitative estimate of drug-likeness (QED) is 0.613. The lowest BCUT2D eigenvalue weighted by Gasteiger charge is -1.99. The van der Waals surface area contributed by atoms with Crippen LogP contribution in [0.1, 0.15) is 5.82 Å². The minimum atomic E-state index is 0.637. The Morgan fingerprint density at radius 3 is 3.00 bits per heavy atom. The van der Waals surface area contributed by atoms with Gasteiger partial charge in [-0.25, -0.2) is 4.98 Å². The molecule has 0 spiro atoms. The topological polar surface area (TPSA) is 52.3 Å². The first-order valence-corrected chi connectivity index (χ1v) is 3.52. The molecule has 2 aromatic rings. The molecule has 0 radical (unpaired) electrons. The first-order chi connectivity index (χ1) is 5.83. The molecule has 0 N–H and O–H groups in total. The minimum absolute atomic E-state index is 0.637. The van der Waals surface area contributed by atoms with Crippen LogP contribution < -0.4 is 4.74 Å². The van der Waals surface area contributed by atoms with Crippen LogP contribution in [-0.4, -0.2) is 26.7 Å². The molecule has 0 unspecified atom stereocenters. The van der Waals surface area contributed by atoms with Gasteiger partial charge in [0.25, 0.3) is 0 Å². The van der Waals surface area contributed by atoms with E-state index in [0.717, 1.165) is 5.82 Å². The van der Waals surface area contributed by atoms with E-state index < -0.39 is 0 Å². The van der Waals surface area contributed by atoms with Crippen molar-refractivity contribution in [1.82, 2.24) is 19.6 Å². The highest BCUT2D eigenvalue weighted by atomic mass is 16.5. The summed E-state index contributed by atoms with van der Waals surface area (Å²) in [4.78, 5) is 3.97. The van der Waals surface area contributed by atoms with Gasteiger partial charge in [0.2, 0.25) is 5.65 Å². The standard InChI is InChI=1S/C7H8N4O/c1-5-9-10-7-6(12-2)3-8-4-11(5)7/h3-4H,1-2H3. The van der Waals surface area contributed by atoms with E-state index in [9.17, 15) is 0 Å². The van der Waals surface area contributed by atoms with Gasteiger partial charge >= 0.3 is 0 Å². The fourth-order valence-corrected chi connectivity index (χ4v) is 1.05. The number of nitrogens with zero attached hydrogens (tertiary/aromatic N) is 4. The number of hydrogen-bond donors (Lipinski definition) is 0. The lowest BCUT2D eigenvalue weighted by molar-refractivity contribution is 0.414. The Hall–Kier alpha value is -1.65. The first kappa shape index (κ1) is 7.02. The Labute approximate surface area is 69.0 Å².